The first-order valence-corrected chi connectivity index (χ1v) is 8.02. The van der Waals surface area contributed by atoms with Gasteiger partial charge in [-0.2, -0.15) is 0 Å². The Hall–Kier alpha value is -3.25. The number of aromatic carboxylic acids is 1. The number of carbonyl (C=O) groups is 1. The van der Waals surface area contributed by atoms with Crippen molar-refractivity contribution in [3.05, 3.63) is 77.6 Å². The fourth-order valence-electron chi connectivity index (χ4n) is 2.79. The number of imidazole rings is 1. The summed E-state index contributed by atoms with van der Waals surface area (Å²) in [6.07, 6.45) is 5.10. The maximum atomic E-state index is 13.7. The Morgan fingerprint density at radius 2 is 2.00 bits per heavy atom. The molecular weight excluding hydrogens is 357 g/mol. The molecule has 2 heterocycles. The van der Waals surface area contributed by atoms with E-state index in [1.165, 1.54) is 12.1 Å². The lowest BCUT2D eigenvalue weighted by Gasteiger charge is -2.11. The molecule has 0 amide bonds. The molecule has 0 saturated carbocycles. The molecule has 0 aliphatic heterocycles. The van der Waals surface area contributed by atoms with Crippen molar-refractivity contribution in [2.45, 2.75) is 0 Å². The molecule has 0 aliphatic carbocycles. The van der Waals surface area contributed by atoms with Crippen LogP contribution in [0.4, 0.5) is 4.39 Å². The third-order valence-corrected chi connectivity index (χ3v) is 4.26. The summed E-state index contributed by atoms with van der Waals surface area (Å²) in [6.45, 7) is 0. The van der Waals surface area contributed by atoms with Crippen LogP contribution in [0, 0.1) is 5.82 Å². The molecule has 2 aromatic carbocycles. The Kier molecular flexibility index (Phi) is 3.89. The fraction of sp³-hybridized carbons (Fsp3) is 0. The molecule has 26 heavy (non-hydrogen) atoms. The number of hydrogen-bond acceptors (Lipinski definition) is 3. The quantitative estimate of drug-likeness (QED) is 0.575. The summed E-state index contributed by atoms with van der Waals surface area (Å²) in [5, 5.41) is 10.5. The van der Waals surface area contributed by atoms with Crippen LogP contribution in [0.25, 0.3) is 27.8 Å². The number of pyridine rings is 1. The largest absolute Gasteiger partial charge is 0.478 e. The maximum absolute atomic E-state index is 13.7. The van der Waals surface area contributed by atoms with Crippen LogP contribution in [-0.4, -0.2) is 25.6 Å². The van der Waals surface area contributed by atoms with E-state index in [4.69, 9.17) is 16.7 Å². The first kappa shape index (κ1) is 16.2. The van der Waals surface area contributed by atoms with E-state index in [0.717, 1.165) is 17.1 Å². The van der Waals surface area contributed by atoms with Crippen LogP contribution in [-0.2, 0) is 0 Å². The molecule has 0 bridgehead atoms. The topological polar surface area (TPSA) is 68.0 Å². The summed E-state index contributed by atoms with van der Waals surface area (Å²) < 4.78 is 15.5. The average molecular weight is 368 g/mol. The number of nitrogens with zero attached hydrogens (tertiary/aromatic N) is 3. The minimum Gasteiger partial charge on any atom is -0.478 e. The van der Waals surface area contributed by atoms with E-state index in [9.17, 15) is 9.18 Å². The molecule has 7 heteroatoms. The molecule has 4 rings (SSSR count). The Labute approximate surface area is 152 Å². The normalized spacial score (nSPS) is 11.0. The van der Waals surface area contributed by atoms with Gasteiger partial charge in [0.05, 0.1) is 28.8 Å². The lowest BCUT2D eigenvalue weighted by Crippen LogP contribution is -2.01. The Bertz CT molecular complexity index is 1140. The Balaban J connectivity index is 1.99. The second-order valence-corrected chi connectivity index (χ2v) is 6.09. The highest BCUT2D eigenvalue weighted by Crippen LogP contribution is 2.30. The van der Waals surface area contributed by atoms with Crippen molar-refractivity contribution in [2.75, 3.05) is 0 Å². The summed E-state index contributed by atoms with van der Waals surface area (Å²) in [4.78, 5) is 19.9. The van der Waals surface area contributed by atoms with Gasteiger partial charge in [0.15, 0.2) is 0 Å². The summed E-state index contributed by atoms with van der Waals surface area (Å²) in [5.41, 5.74) is 2.04. The summed E-state index contributed by atoms with van der Waals surface area (Å²) in [5.74, 6) is -2.12. The molecule has 0 aliphatic rings. The van der Waals surface area contributed by atoms with Gasteiger partial charge in [-0.1, -0.05) is 11.6 Å². The van der Waals surface area contributed by atoms with Gasteiger partial charge >= 0.3 is 5.97 Å². The first-order valence-electron chi connectivity index (χ1n) is 7.65. The zero-order valence-corrected chi connectivity index (χ0v) is 14.0. The van der Waals surface area contributed by atoms with E-state index in [0.29, 0.717) is 21.8 Å². The number of halogens is 2. The van der Waals surface area contributed by atoms with Gasteiger partial charge in [0.1, 0.15) is 5.82 Å². The zero-order chi connectivity index (χ0) is 18.3. The van der Waals surface area contributed by atoms with Crippen molar-refractivity contribution in [1.29, 1.82) is 0 Å². The van der Waals surface area contributed by atoms with Crippen molar-refractivity contribution < 1.29 is 14.3 Å². The summed E-state index contributed by atoms with van der Waals surface area (Å²) in [7, 11) is 0. The van der Waals surface area contributed by atoms with Crippen LogP contribution in [0.5, 0.6) is 0 Å². The molecule has 0 spiro atoms. The predicted octanol–water partition coefficient (Wildman–Crippen LogP) is 4.58. The highest BCUT2D eigenvalue weighted by Gasteiger charge is 2.14. The van der Waals surface area contributed by atoms with Crippen molar-refractivity contribution >= 4 is 28.5 Å². The lowest BCUT2D eigenvalue weighted by molar-refractivity contribution is 0.0692. The summed E-state index contributed by atoms with van der Waals surface area (Å²) in [6, 6.07) is 11.0. The van der Waals surface area contributed by atoms with Gasteiger partial charge in [-0.3, -0.25) is 0 Å². The van der Waals surface area contributed by atoms with Gasteiger partial charge in [-0.25, -0.2) is 19.2 Å². The molecule has 1 N–H and O–H groups in total. The summed E-state index contributed by atoms with van der Waals surface area (Å²) >= 11 is 6.10. The van der Waals surface area contributed by atoms with Gasteiger partial charge in [-0.15, -0.1) is 0 Å². The van der Waals surface area contributed by atoms with E-state index >= 15 is 0 Å². The average Bonchev–Trinajstić information content (AvgIpc) is 3.15. The zero-order valence-electron chi connectivity index (χ0n) is 13.2. The Morgan fingerprint density at radius 3 is 2.73 bits per heavy atom. The molecule has 5 nitrogen and oxygen atoms in total. The van der Waals surface area contributed by atoms with E-state index in [1.807, 2.05) is 10.6 Å². The SMILES string of the molecule is O=C(O)c1cc(-c2cc(-n3ccnc3)c3ccc(Cl)cc3n2)ccc1F. The second kappa shape index (κ2) is 6.24. The van der Waals surface area contributed by atoms with Crippen LogP contribution < -0.4 is 0 Å². The number of hydrogen-bond donors (Lipinski definition) is 1. The van der Waals surface area contributed by atoms with Gasteiger partial charge in [0.2, 0.25) is 0 Å². The molecule has 4 aromatic rings. The number of carboxylic acid groups (broad SMARTS) is 1. The van der Waals surface area contributed by atoms with Crippen molar-refractivity contribution in [3.8, 4) is 16.9 Å². The molecule has 0 atom stereocenters. The molecule has 0 unspecified atom stereocenters. The van der Waals surface area contributed by atoms with E-state index in [1.54, 1.807) is 36.9 Å². The fourth-order valence-corrected chi connectivity index (χ4v) is 2.96. The monoisotopic (exact) mass is 367 g/mol. The van der Waals surface area contributed by atoms with Crippen molar-refractivity contribution in [3.63, 3.8) is 0 Å². The standard InChI is InChI=1S/C19H11ClFN3O2/c20-12-2-3-13-17(8-12)23-16(9-18(13)24-6-5-22-10-24)11-1-4-15(21)14(7-11)19(25)26/h1-10H,(H,25,26). The van der Waals surface area contributed by atoms with Gasteiger partial charge < -0.3 is 9.67 Å². The van der Waals surface area contributed by atoms with Crippen LogP contribution in [0.2, 0.25) is 5.02 Å². The molecular formula is C19H11ClFN3O2. The molecule has 128 valence electrons. The van der Waals surface area contributed by atoms with E-state index in [2.05, 4.69) is 9.97 Å². The van der Waals surface area contributed by atoms with Gasteiger partial charge in [0, 0.05) is 28.4 Å². The Morgan fingerprint density at radius 1 is 1.15 bits per heavy atom. The minimum atomic E-state index is -1.33. The number of fused-ring (bicyclic) bond motifs is 1. The lowest BCUT2D eigenvalue weighted by atomic mass is 10.0. The first-order chi connectivity index (χ1) is 12.5. The smallest absolute Gasteiger partial charge is 0.338 e. The van der Waals surface area contributed by atoms with Gasteiger partial charge in [0.25, 0.3) is 0 Å². The molecule has 0 fully saturated rings. The van der Waals surface area contributed by atoms with Crippen LogP contribution in [0.3, 0.4) is 0 Å². The number of rotatable bonds is 3. The highest BCUT2D eigenvalue weighted by atomic mass is 35.5. The number of carboxylic acids is 1. The number of benzene rings is 2. The molecule has 0 saturated heterocycles. The van der Waals surface area contributed by atoms with E-state index in [-0.39, 0.29) is 0 Å². The van der Waals surface area contributed by atoms with E-state index < -0.39 is 17.3 Å². The van der Waals surface area contributed by atoms with Gasteiger partial charge in [-0.05, 0) is 42.5 Å². The highest BCUT2D eigenvalue weighted by molar-refractivity contribution is 6.31. The van der Waals surface area contributed by atoms with Crippen molar-refractivity contribution in [1.82, 2.24) is 14.5 Å². The predicted molar refractivity (Wildman–Crippen MR) is 96.2 cm³/mol. The third kappa shape index (κ3) is 2.80. The van der Waals surface area contributed by atoms with Crippen LogP contribution >= 0.6 is 11.6 Å². The molecule has 2 aromatic heterocycles. The second-order valence-electron chi connectivity index (χ2n) is 5.66. The van der Waals surface area contributed by atoms with Crippen molar-refractivity contribution in [2.24, 2.45) is 0 Å². The minimum absolute atomic E-state index is 0.403. The van der Waals surface area contributed by atoms with Crippen LogP contribution in [0.15, 0.2) is 61.2 Å². The third-order valence-electron chi connectivity index (χ3n) is 4.03. The number of aromatic nitrogens is 3. The van der Waals surface area contributed by atoms with Crippen LogP contribution in [0.1, 0.15) is 10.4 Å². The maximum Gasteiger partial charge on any atom is 0.338 e. The molecule has 0 radical (unpaired) electrons.